The minimum atomic E-state index is -0.354. The molecule has 0 bridgehead atoms. The van der Waals surface area contributed by atoms with Crippen molar-refractivity contribution in [3.8, 4) is 0 Å². The number of hydrogen-bond donors (Lipinski definition) is 2. The number of nitrogens with one attached hydrogen (secondary N) is 2. The van der Waals surface area contributed by atoms with Gasteiger partial charge in [0, 0.05) is 13.6 Å². The molecule has 4 amide bonds. The SMILES string of the molecule is CNC(=O)N1C(=O)NCC1C. The second kappa shape index (κ2) is 2.77. The number of carbonyl (C=O) groups excluding carboxylic acids is 2. The van der Waals surface area contributed by atoms with Crippen LogP contribution < -0.4 is 10.6 Å². The molecule has 0 saturated carbocycles. The van der Waals surface area contributed by atoms with Crippen LogP contribution in [0.3, 0.4) is 0 Å². The molecule has 1 aliphatic heterocycles. The van der Waals surface area contributed by atoms with Crippen LogP contribution in [0.4, 0.5) is 9.59 Å². The van der Waals surface area contributed by atoms with E-state index in [4.69, 9.17) is 0 Å². The van der Waals surface area contributed by atoms with Crippen LogP contribution in [0.5, 0.6) is 0 Å². The van der Waals surface area contributed by atoms with Crippen molar-refractivity contribution in [3.63, 3.8) is 0 Å². The van der Waals surface area contributed by atoms with Gasteiger partial charge in [0.05, 0.1) is 6.04 Å². The van der Waals surface area contributed by atoms with Crippen LogP contribution in [-0.4, -0.2) is 36.6 Å². The first kappa shape index (κ1) is 7.84. The lowest BCUT2D eigenvalue weighted by atomic mass is 10.3. The van der Waals surface area contributed by atoms with E-state index in [1.165, 1.54) is 11.9 Å². The Hall–Kier alpha value is -1.26. The molecular formula is C6H11N3O2. The summed E-state index contributed by atoms with van der Waals surface area (Å²) in [5, 5.41) is 4.95. The maximum atomic E-state index is 11.0. The largest absolute Gasteiger partial charge is 0.341 e. The topological polar surface area (TPSA) is 61.4 Å². The molecule has 0 spiro atoms. The second-order valence-electron chi connectivity index (χ2n) is 2.46. The van der Waals surface area contributed by atoms with Crippen LogP contribution >= 0.6 is 0 Å². The van der Waals surface area contributed by atoms with Crippen molar-refractivity contribution in [1.29, 1.82) is 0 Å². The molecule has 11 heavy (non-hydrogen) atoms. The van der Waals surface area contributed by atoms with Crippen LogP contribution in [-0.2, 0) is 0 Å². The fraction of sp³-hybridized carbons (Fsp3) is 0.667. The van der Waals surface area contributed by atoms with Crippen molar-refractivity contribution in [2.24, 2.45) is 0 Å². The lowest BCUT2D eigenvalue weighted by Crippen LogP contribution is -2.43. The third kappa shape index (κ3) is 1.26. The monoisotopic (exact) mass is 157 g/mol. The number of rotatable bonds is 0. The standard InChI is InChI=1S/C6H11N3O2/c1-4-3-8-6(11)9(4)5(10)7-2/h4H,3H2,1-2H3,(H,7,10)(H,8,11). The molecule has 0 aromatic rings. The molecule has 1 fully saturated rings. The minimum Gasteiger partial charge on any atom is -0.341 e. The summed E-state index contributed by atoms with van der Waals surface area (Å²) in [6, 6.07) is -0.730. The van der Waals surface area contributed by atoms with Crippen LogP contribution in [0.25, 0.3) is 0 Å². The summed E-state index contributed by atoms with van der Waals surface area (Å²) in [7, 11) is 1.50. The summed E-state index contributed by atoms with van der Waals surface area (Å²) < 4.78 is 0. The predicted octanol–water partition coefficient (Wildman–Crippen LogP) is -0.261. The van der Waals surface area contributed by atoms with E-state index in [0.717, 1.165) is 0 Å². The van der Waals surface area contributed by atoms with Gasteiger partial charge in [-0.25, -0.2) is 14.5 Å². The third-order valence-corrected chi connectivity index (χ3v) is 1.64. The molecule has 5 heteroatoms. The van der Waals surface area contributed by atoms with Gasteiger partial charge >= 0.3 is 12.1 Å². The Labute approximate surface area is 64.7 Å². The van der Waals surface area contributed by atoms with Crippen molar-refractivity contribution < 1.29 is 9.59 Å². The highest BCUT2D eigenvalue weighted by molar-refractivity contribution is 5.95. The molecule has 1 atom stereocenters. The molecule has 1 saturated heterocycles. The first-order chi connectivity index (χ1) is 5.16. The van der Waals surface area contributed by atoms with Gasteiger partial charge in [0.1, 0.15) is 0 Å². The summed E-state index contributed by atoms with van der Waals surface area (Å²) in [5.41, 5.74) is 0. The first-order valence-corrected chi connectivity index (χ1v) is 3.45. The molecule has 62 valence electrons. The number of hydrogen-bond acceptors (Lipinski definition) is 2. The number of carbonyl (C=O) groups is 2. The highest BCUT2D eigenvalue weighted by Crippen LogP contribution is 2.05. The Morgan fingerprint density at radius 1 is 1.82 bits per heavy atom. The molecule has 5 nitrogen and oxygen atoms in total. The van der Waals surface area contributed by atoms with Gasteiger partial charge in [-0.3, -0.25) is 0 Å². The molecule has 2 N–H and O–H groups in total. The lowest BCUT2D eigenvalue weighted by Gasteiger charge is -2.16. The summed E-state index contributed by atoms with van der Waals surface area (Å²) in [4.78, 5) is 23.1. The van der Waals surface area contributed by atoms with E-state index in [2.05, 4.69) is 10.6 Å². The van der Waals surface area contributed by atoms with E-state index < -0.39 is 0 Å². The lowest BCUT2D eigenvalue weighted by molar-refractivity contribution is 0.191. The molecule has 1 heterocycles. The number of amides is 4. The van der Waals surface area contributed by atoms with Crippen LogP contribution in [0, 0.1) is 0 Å². The highest BCUT2D eigenvalue weighted by Gasteiger charge is 2.31. The first-order valence-electron chi connectivity index (χ1n) is 3.45. The highest BCUT2D eigenvalue weighted by atomic mass is 16.2. The van der Waals surface area contributed by atoms with Gasteiger partial charge in [0.2, 0.25) is 0 Å². The predicted molar refractivity (Wildman–Crippen MR) is 39.2 cm³/mol. The Morgan fingerprint density at radius 2 is 2.45 bits per heavy atom. The fourth-order valence-electron chi connectivity index (χ4n) is 1.02. The summed E-state index contributed by atoms with van der Waals surface area (Å²) >= 11 is 0. The van der Waals surface area contributed by atoms with Crippen LogP contribution in [0.1, 0.15) is 6.92 Å². The Bertz CT molecular complexity index is 192. The van der Waals surface area contributed by atoms with E-state index in [1.807, 2.05) is 6.92 Å². The van der Waals surface area contributed by atoms with Crippen LogP contribution in [0.2, 0.25) is 0 Å². The average Bonchev–Trinajstić information content (AvgIpc) is 2.30. The Balaban J connectivity index is 2.68. The van der Waals surface area contributed by atoms with Crippen molar-refractivity contribution >= 4 is 12.1 Å². The number of urea groups is 2. The molecule has 0 aromatic heterocycles. The van der Waals surface area contributed by atoms with Gasteiger partial charge < -0.3 is 10.6 Å². The quantitative estimate of drug-likeness (QED) is 0.509. The molecule has 0 aliphatic carbocycles. The summed E-state index contributed by atoms with van der Waals surface area (Å²) in [6.07, 6.45) is 0. The molecular weight excluding hydrogens is 146 g/mol. The molecule has 0 aromatic carbocycles. The normalized spacial score (nSPS) is 23.3. The van der Waals surface area contributed by atoms with E-state index in [9.17, 15) is 9.59 Å². The molecule has 1 unspecified atom stereocenters. The smallest absolute Gasteiger partial charge is 0.325 e. The van der Waals surface area contributed by atoms with Gasteiger partial charge in [-0.15, -0.1) is 0 Å². The Kier molecular flexibility index (Phi) is 1.98. The zero-order chi connectivity index (χ0) is 8.43. The van der Waals surface area contributed by atoms with E-state index in [1.54, 1.807) is 0 Å². The molecule has 1 aliphatic rings. The number of nitrogens with zero attached hydrogens (tertiary/aromatic N) is 1. The average molecular weight is 157 g/mol. The molecule has 0 radical (unpaired) electrons. The van der Waals surface area contributed by atoms with Crippen molar-refractivity contribution in [1.82, 2.24) is 15.5 Å². The molecule has 1 rings (SSSR count). The van der Waals surface area contributed by atoms with Gasteiger partial charge in [0.15, 0.2) is 0 Å². The van der Waals surface area contributed by atoms with Crippen LogP contribution in [0.15, 0.2) is 0 Å². The van der Waals surface area contributed by atoms with Gasteiger partial charge in [-0.05, 0) is 6.92 Å². The maximum absolute atomic E-state index is 11.0. The van der Waals surface area contributed by atoms with Gasteiger partial charge in [-0.2, -0.15) is 0 Å². The zero-order valence-electron chi connectivity index (χ0n) is 6.55. The fourth-order valence-corrected chi connectivity index (χ4v) is 1.02. The summed E-state index contributed by atoms with van der Waals surface area (Å²) in [6.45, 7) is 2.35. The van der Waals surface area contributed by atoms with Crippen molar-refractivity contribution in [2.45, 2.75) is 13.0 Å². The zero-order valence-corrected chi connectivity index (χ0v) is 6.55. The van der Waals surface area contributed by atoms with Crippen molar-refractivity contribution in [2.75, 3.05) is 13.6 Å². The van der Waals surface area contributed by atoms with E-state index in [0.29, 0.717) is 6.54 Å². The minimum absolute atomic E-state index is 0.0533. The second-order valence-corrected chi connectivity index (χ2v) is 2.46. The summed E-state index contributed by atoms with van der Waals surface area (Å²) in [5.74, 6) is 0. The third-order valence-electron chi connectivity index (χ3n) is 1.64. The van der Waals surface area contributed by atoms with Gasteiger partial charge in [0.25, 0.3) is 0 Å². The Morgan fingerprint density at radius 3 is 2.82 bits per heavy atom. The number of imide groups is 1. The van der Waals surface area contributed by atoms with Gasteiger partial charge in [-0.1, -0.05) is 0 Å². The van der Waals surface area contributed by atoms with E-state index >= 15 is 0 Å². The van der Waals surface area contributed by atoms with E-state index in [-0.39, 0.29) is 18.1 Å². The van der Waals surface area contributed by atoms with Crippen molar-refractivity contribution in [3.05, 3.63) is 0 Å². The maximum Gasteiger partial charge on any atom is 0.325 e.